The molecule has 0 spiro atoms. The van der Waals surface area contributed by atoms with E-state index in [2.05, 4.69) is 26.9 Å². The van der Waals surface area contributed by atoms with Crippen molar-refractivity contribution in [2.45, 2.75) is 13.8 Å². The summed E-state index contributed by atoms with van der Waals surface area (Å²) in [5.74, 6) is 2.97. The lowest BCUT2D eigenvalue weighted by Crippen LogP contribution is -2.37. The number of nitrogens with zero attached hydrogens (tertiary/aromatic N) is 1. The van der Waals surface area contributed by atoms with Crippen LogP contribution in [0.25, 0.3) is 0 Å². The molecule has 0 fully saturated rings. The highest BCUT2D eigenvalue weighted by Gasteiger charge is 2.03. The average Bonchev–Trinajstić information content (AvgIpc) is 2.45. The van der Waals surface area contributed by atoms with Crippen LogP contribution >= 0.6 is 0 Å². The average molecular weight is 272 g/mol. The van der Waals surface area contributed by atoms with E-state index in [0.717, 1.165) is 18.7 Å². The first-order valence-electron chi connectivity index (χ1n) is 6.58. The van der Waals surface area contributed by atoms with Crippen molar-refractivity contribution in [2.75, 3.05) is 25.0 Å². The SMILES string of the molecule is C#Cc1cccc(NC(=O)CN=C(NCC)NCC)c1. The molecule has 3 N–H and O–H groups in total. The molecule has 0 heterocycles. The van der Waals surface area contributed by atoms with Crippen LogP contribution in [0, 0.1) is 12.3 Å². The first kappa shape index (κ1) is 15.6. The van der Waals surface area contributed by atoms with Gasteiger partial charge in [0.25, 0.3) is 0 Å². The van der Waals surface area contributed by atoms with E-state index in [0.29, 0.717) is 11.6 Å². The van der Waals surface area contributed by atoms with Crippen LogP contribution in [0.1, 0.15) is 19.4 Å². The highest BCUT2D eigenvalue weighted by Crippen LogP contribution is 2.09. The number of hydrogen-bond acceptors (Lipinski definition) is 2. The van der Waals surface area contributed by atoms with Crippen molar-refractivity contribution in [3.8, 4) is 12.3 Å². The third-order valence-corrected chi connectivity index (χ3v) is 2.38. The summed E-state index contributed by atoms with van der Waals surface area (Å²) in [6.45, 7) is 5.49. The summed E-state index contributed by atoms with van der Waals surface area (Å²) in [6, 6.07) is 7.15. The molecule has 0 aliphatic carbocycles. The molecule has 106 valence electrons. The van der Waals surface area contributed by atoms with E-state index in [4.69, 9.17) is 6.42 Å². The van der Waals surface area contributed by atoms with Gasteiger partial charge in [-0.25, -0.2) is 4.99 Å². The summed E-state index contributed by atoms with van der Waals surface area (Å²) in [6.07, 6.45) is 5.31. The van der Waals surface area contributed by atoms with Crippen LogP contribution in [0.15, 0.2) is 29.3 Å². The monoisotopic (exact) mass is 272 g/mol. The molecule has 5 nitrogen and oxygen atoms in total. The van der Waals surface area contributed by atoms with E-state index in [1.807, 2.05) is 19.9 Å². The third-order valence-electron chi connectivity index (χ3n) is 2.38. The van der Waals surface area contributed by atoms with Crippen molar-refractivity contribution in [1.29, 1.82) is 0 Å². The van der Waals surface area contributed by atoms with Gasteiger partial charge in [-0.2, -0.15) is 0 Å². The van der Waals surface area contributed by atoms with Crippen LogP contribution < -0.4 is 16.0 Å². The van der Waals surface area contributed by atoms with Crippen LogP contribution in [-0.4, -0.2) is 31.5 Å². The molecule has 0 saturated carbocycles. The standard InChI is InChI=1S/C15H20N4O/c1-4-12-8-7-9-13(10-12)19-14(20)11-18-15(16-5-2)17-6-3/h1,7-10H,5-6,11H2,2-3H3,(H,19,20)(H2,16,17,18). The Morgan fingerprint density at radius 3 is 2.60 bits per heavy atom. The normalized spacial score (nSPS) is 9.25. The molecule has 0 aromatic heterocycles. The van der Waals surface area contributed by atoms with Gasteiger partial charge in [0.1, 0.15) is 6.54 Å². The molecule has 20 heavy (non-hydrogen) atoms. The van der Waals surface area contributed by atoms with E-state index < -0.39 is 0 Å². The number of nitrogens with one attached hydrogen (secondary N) is 3. The van der Waals surface area contributed by atoms with Crippen molar-refractivity contribution in [3.63, 3.8) is 0 Å². The van der Waals surface area contributed by atoms with Crippen LogP contribution in [0.2, 0.25) is 0 Å². The van der Waals surface area contributed by atoms with Crippen LogP contribution in [0.5, 0.6) is 0 Å². The smallest absolute Gasteiger partial charge is 0.246 e. The number of rotatable bonds is 5. The van der Waals surface area contributed by atoms with E-state index in [1.54, 1.807) is 18.2 Å². The lowest BCUT2D eigenvalue weighted by Gasteiger charge is -2.09. The number of carbonyl (C=O) groups excluding carboxylic acids is 1. The van der Waals surface area contributed by atoms with Gasteiger partial charge in [0.05, 0.1) is 0 Å². The van der Waals surface area contributed by atoms with Gasteiger partial charge >= 0.3 is 0 Å². The highest BCUT2D eigenvalue weighted by molar-refractivity contribution is 5.94. The second kappa shape index (κ2) is 8.59. The Morgan fingerprint density at radius 1 is 1.30 bits per heavy atom. The number of anilines is 1. The van der Waals surface area contributed by atoms with Crippen molar-refractivity contribution in [2.24, 2.45) is 4.99 Å². The minimum atomic E-state index is -0.188. The summed E-state index contributed by atoms with van der Waals surface area (Å²) in [5, 5.41) is 8.87. The summed E-state index contributed by atoms with van der Waals surface area (Å²) in [7, 11) is 0. The molecule has 0 unspecified atom stereocenters. The minimum Gasteiger partial charge on any atom is -0.357 e. The van der Waals surface area contributed by atoms with Crippen molar-refractivity contribution in [3.05, 3.63) is 29.8 Å². The topological polar surface area (TPSA) is 65.5 Å². The lowest BCUT2D eigenvalue weighted by atomic mass is 10.2. The zero-order valence-electron chi connectivity index (χ0n) is 11.9. The molecule has 0 radical (unpaired) electrons. The number of carbonyl (C=O) groups is 1. The van der Waals surface area contributed by atoms with Gasteiger partial charge < -0.3 is 16.0 Å². The maximum atomic E-state index is 11.8. The highest BCUT2D eigenvalue weighted by atomic mass is 16.1. The summed E-state index contributed by atoms with van der Waals surface area (Å²) < 4.78 is 0. The molecule has 5 heteroatoms. The molecule has 1 aromatic carbocycles. The zero-order valence-corrected chi connectivity index (χ0v) is 11.9. The maximum absolute atomic E-state index is 11.8. The molecular weight excluding hydrogens is 252 g/mol. The van der Waals surface area contributed by atoms with Gasteiger partial charge in [0.2, 0.25) is 5.91 Å². The Morgan fingerprint density at radius 2 is 2.00 bits per heavy atom. The second-order valence-electron chi connectivity index (χ2n) is 4.00. The third kappa shape index (κ3) is 5.44. The van der Waals surface area contributed by atoms with Gasteiger partial charge in [-0.05, 0) is 32.0 Å². The van der Waals surface area contributed by atoms with E-state index >= 15 is 0 Å². The Balaban J connectivity index is 2.58. The molecule has 0 bridgehead atoms. The van der Waals surface area contributed by atoms with Crippen LogP contribution in [-0.2, 0) is 4.79 Å². The molecular formula is C15H20N4O. The number of benzene rings is 1. The van der Waals surface area contributed by atoms with E-state index in [1.165, 1.54) is 0 Å². The van der Waals surface area contributed by atoms with Crippen LogP contribution in [0.4, 0.5) is 5.69 Å². The Hall–Kier alpha value is -2.48. The molecule has 0 saturated heterocycles. The van der Waals surface area contributed by atoms with Gasteiger partial charge in [0.15, 0.2) is 5.96 Å². The number of amides is 1. The first-order valence-corrected chi connectivity index (χ1v) is 6.58. The van der Waals surface area contributed by atoms with Gasteiger partial charge in [-0.15, -0.1) is 6.42 Å². The maximum Gasteiger partial charge on any atom is 0.246 e. The number of aliphatic imine (C=N–C) groups is 1. The van der Waals surface area contributed by atoms with Crippen molar-refractivity contribution in [1.82, 2.24) is 10.6 Å². The molecule has 1 aromatic rings. The molecule has 0 aliphatic heterocycles. The quantitative estimate of drug-likeness (QED) is 0.428. The van der Waals surface area contributed by atoms with Crippen molar-refractivity contribution < 1.29 is 4.79 Å². The number of hydrogen-bond donors (Lipinski definition) is 3. The Kier molecular flexibility index (Phi) is 6.69. The summed E-state index contributed by atoms with van der Waals surface area (Å²) in [5.41, 5.74) is 1.40. The van der Waals surface area contributed by atoms with Crippen molar-refractivity contribution >= 4 is 17.6 Å². The largest absolute Gasteiger partial charge is 0.357 e. The van der Waals surface area contributed by atoms with Gasteiger partial charge in [-0.1, -0.05) is 12.0 Å². The molecule has 0 aliphatic rings. The first-order chi connectivity index (χ1) is 9.69. The molecule has 1 rings (SSSR count). The number of guanidine groups is 1. The second-order valence-corrected chi connectivity index (χ2v) is 4.00. The van der Waals surface area contributed by atoms with E-state index in [9.17, 15) is 4.79 Å². The molecule has 1 amide bonds. The Labute approximate surface area is 119 Å². The predicted octanol–water partition coefficient (Wildman–Crippen LogP) is 1.18. The summed E-state index contributed by atoms with van der Waals surface area (Å²) >= 11 is 0. The fraction of sp³-hybridized carbons (Fsp3) is 0.333. The van der Waals surface area contributed by atoms with Gasteiger partial charge in [0, 0.05) is 24.3 Å². The fourth-order valence-electron chi connectivity index (χ4n) is 1.55. The number of terminal acetylenes is 1. The predicted molar refractivity (Wildman–Crippen MR) is 82.7 cm³/mol. The lowest BCUT2D eigenvalue weighted by molar-refractivity contribution is -0.114. The zero-order chi connectivity index (χ0) is 14.8. The summed E-state index contributed by atoms with van der Waals surface area (Å²) in [4.78, 5) is 16.0. The fourth-order valence-corrected chi connectivity index (χ4v) is 1.55. The Bertz CT molecular complexity index is 509. The molecule has 0 atom stereocenters. The van der Waals surface area contributed by atoms with Gasteiger partial charge in [-0.3, -0.25) is 4.79 Å². The minimum absolute atomic E-state index is 0.0512. The van der Waals surface area contributed by atoms with E-state index in [-0.39, 0.29) is 12.5 Å². The van der Waals surface area contributed by atoms with Crippen LogP contribution in [0.3, 0.4) is 0 Å².